The summed E-state index contributed by atoms with van der Waals surface area (Å²) >= 11 is 0. The fourth-order valence-electron chi connectivity index (χ4n) is 2.89. The summed E-state index contributed by atoms with van der Waals surface area (Å²) in [7, 11) is 0. The minimum absolute atomic E-state index is 0.256. The van der Waals surface area contributed by atoms with E-state index in [2.05, 4.69) is 17.1 Å². The second-order valence-corrected chi connectivity index (χ2v) is 7.29. The summed E-state index contributed by atoms with van der Waals surface area (Å²) < 4.78 is 5.40. The lowest BCUT2D eigenvalue weighted by atomic mass is 9.96. The van der Waals surface area contributed by atoms with Crippen molar-refractivity contribution in [2.75, 3.05) is 31.1 Å². The van der Waals surface area contributed by atoms with Crippen molar-refractivity contribution in [1.82, 2.24) is 5.32 Å². The summed E-state index contributed by atoms with van der Waals surface area (Å²) in [4.78, 5) is 14.5. The van der Waals surface area contributed by atoms with Crippen LogP contribution in [-0.4, -0.2) is 37.7 Å². The largest absolute Gasteiger partial charge is 0.456 e. The Morgan fingerprint density at radius 1 is 1.22 bits per heavy atom. The van der Waals surface area contributed by atoms with E-state index < -0.39 is 5.60 Å². The maximum atomic E-state index is 12.0. The molecule has 1 N–H and O–H groups in total. The zero-order valence-corrected chi connectivity index (χ0v) is 14.9. The van der Waals surface area contributed by atoms with Crippen LogP contribution in [-0.2, 0) is 4.74 Å². The summed E-state index contributed by atoms with van der Waals surface area (Å²) in [5.41, 5.74) is 1.36. The van der Waals surface area contributed by atoms with Crippen molar-refractivity contribution in [3.8, 4) is 0 Å². The number of ether oxygens (including phenoxy) is 1. The Morgan fingerprint density at radius 2 is 1.83 bits per heavy atom. The molecule has 0 bridgehead atoms. The van der Waals surface area contributed by atoms with Crippen LogP contribution in [0.4, 0.5) is 5.69 Å². The van der Waals surface area contributed by atoms with Crippen LogP contribution < -0.4 is 10.2 Å². The number of hydrogen-bond donors (Lipinski definition) is 1. The first kappa shape index (κ1) is 17.8. The minimum atomic E-state index is -0.454. The molecule has 0 atom stereocenters. The molecule has 1 aliphatic heterocycles. The fraction of sp³-hybridized carbons (Fsp3) is 0.632. The van der Waals surface area contributed by atoms with Crippen molar-refractivity contribution in [3.63, 3.8) is 0 Å². The van der Waals surface area contributed by atoms with Gasteiger partial charge in [0.25, 0.3) is 0 Å². The third kappa shape index (κ3) is 5.54. The molecule has 0 unspecified atom stereocenters. The summed E-state index contributed by atoms with van der Waals surface area (Å²) in [5, 5.41) is 3.44. The second kappa shape index (κ2) is 7.82. The molecule has 128 valence electrons. The summed E-state index contributed by atoms with van der Waals surface area (Å²) in [6.45, 7) is 12.2. The van der Waals surface area contributed by atoms with E-state index in [1.165, 1.54) is 18.5 Å². The number of esters is 1. The van der Waals surface area contributed by atoms with Crippen molar-refractivity contribution in [1.29, 1.82) is 0 Å². The Balaban J connectivity index is 1.89. The van der Waals surface area contributed by atoms with Crippen LogP contribution in [0, 0.1) is 5.92 Å². The number of piperidine rings is 1. The van der Waals surface area contributed by atoms with E-state index in [1.807, 2.05) is 45.0 Å². The topological polar surface area (TPSA) is 41.6 Å². The maximum absolute atomic E-state index is 12.0. The summed E-state index contributed by atoms with van der Waals surface area (Å²) in [6.07, 6.45) is 2.45. The molecule has 2 rings (SSSR count). The van der Waals surface area contributed by atoms with E-state index in [0.717, 1.165) is 32.1 Å². The lowest BCUT2D eigenvalue weighted by molar-refractivity contribution is 0.00696. The number of rotatable bonds is 5. The Kier molecular flexibility index (Phi) is 6.05. The van der Waals surface area contributed by atoms with Gasteiger partial charge in [-0.05, 0) is 76.9 Å². The predicted molar refractivity (Wildman–Crippen MR) is 95.1 cm³/mol. The molecule has 0 aliphatic carbocycles. The summed E-state index contributed by atoms with van der Waals surface area (Å²) in [6, 6.07) is 7.80. The number of benzene rings is 1. The van der Waals surface area contributed by atoms with Crippen molar-refractivity contribution in [2.24, 2.45) is 5.92 Å². The Hall–Kier alpha value is -1.55. The van der Waals surface area contributed by atoms with Crippen LogP contribution >= 0.6 is 0 Å². The maximum Gasteiger partial charge on any atom is 0.338 e. The standard InChI is InChI=1S/C19H30N2O2/c1-5-20-14-15-10-12-21(13-11-15)17-8-6-16(7-9-17)18(22)23-19(2,3)4/h6-9,15,20H,5,10-14H2,1-4H3. The van der Waals surface area contributed by atoms with Gasteiger partial charge in [0.2, 0.25) is 0 Å². The van der Waals surface area contributed by atoms with E-state index in [9.17, 15) is 4.79 Å². The number of hydrogen-bond acceptors (Lipinski definition) is 4. The number of carbonyl (C=O) groups is 1. The monoisotopic (exact) mass is 318 g/mol. The summed E-state index contributed by atoms with van der Waals surface area (Å²) in [5.74, 6) is 0.528. The molecule has 1 aromatic rings. The number of nitrogens with one attached hydrogen (secondary N) is 1. The average Bonchev–Trinajstić information content (AvgIpc) is 2.52. The second-order valence-electron chi connectivity index (χ2n) is 7.29. The first-order valence-electron chi connectivity index (χ1n) is 8.68. The molecule has 1 saturated heterocycles. The molecule has 0 saturated carbocycles. The van der Waals surface area contributed by atoms with E-state index in [4.69, 9.17) is 4.74 Å². The van der Waals surface area contributed by atoms with Gasteiger partial charge >= 0.3 is 5.97 Å². The normalized spacial score (nSPS) is 16.4. The molecule has 23 heavy (non-hydrogen) atoms. The molecule has 0 radical (unpaired) electrons. The molecule has 4 heteroatoms. The number of nitrogens with zero attached hydrogens (tertiary/aromatic N) is 1. The third-order valence-electron chi connectivity index (χ3n) is 4.16. The third-order valence-corrected chi connectivity index (χ3v) is 4.16. The molecule has 0 spiro atoms. The van der Waals surface area contributed by atoms with Gasteiger partial charge in [0.1, 0.15) is 5.60 Å². The van der Waals surface area contributed by atoms with Gasteiger partial charge in [0, 0.05) is 18.8 Å². The van der Waals surface area contributed by atoms with Gasteiger partial charge in [0.15, 0.2) is 0 Å². The predicted octanol–water partition coefficient (Wildman–Crippen LogP) is 3.47. The fourth-order valence-corrected chi connectivity index (χ4v) is 2.89. The molecular formula is C19H30N2O2. The van der Waals surface area contributed by atoms with Crippen LogP contribution in [0.1, 0.15) is 50.9 Å². The smallest absolute Gasteiger partial charge is 0.338 e. The molecule has 0 aromatic heterocycles. The highest BCUT2D eigenvalue weighted by Crippen LogP contribution is 2.24. The number of carbonyl (C=O) groups excluding carboxylic acids is 1. The molecule has 1 fully saturated rings. The van der Waals surface area contributed by atoms with Gasteiger partial charge in [0.05, 0.1) is 5.56 Å². The van der Waals surface area contributed by atoms with Crippen molar-refractivity contribution in [2.45, 2.75) is 46.1 Å². The Morgan fingerprint density at radius 3 is 2.35 bits per heavy atom. The quantitative estimate of drug-likeness (QED) is 0.844. The minimum Gasteiger partial charge on any atom is -0.456 e. The zero-order valence-electron chi connectivity index (χ0n) is 14.9. The van der Waals surface area contributed by atoms with Crippen LogP contribution in [0.15, 0.2) is 24.3 Å². The van der Waals surface area contributed by atoms with Crippen LogP contribution in [0.5, 0.6) is 0 Å². The van der Waals surface area contributed by atoms with Gasteiger partial charge in [-0.25, -0.2) is 4.79 Å². The van der Waals surface area contributed by atoms with E-state index in [-0.39, 0.29) is 5.97 Å². The van der Waals surface area contributed by atoms with Gasteiger partial charge in [-0.1, -0.05) is 6.92 Å². The zero-order chi connectivity index (χ0) is 16.9. The lowest BCUT2D eigenvalue weighted by Gasteiger charge is -2.33. The van der Waals surface area contributed by atoms with Crippen molar-refractivity contribution >= 4 is 11.7 Å². The SMILES string of the molecule is CCNCC1CCN(c2ccc(C(=O)OC(C)(C)C)cc2)CC1. The van der Waals surface area contributed by atoms with Crippen molar-refractivity contribution in [3.05, 3.63) is 29.8 Å². The van der Waals surface area contributed by atoms with Crippen molar-refractivity contribution < 1.29 is 9.53 Å². The first-order valence-corrected chi connectivity index (χ1v) is 8.68. The Labute approximate surface area is 140 Å². The highest BCUT2D eigenvalue weighted by molar-refractivity contribution is 5.90. The van der Waals surface area contributed by atoms with Crippen LogP contribution in [0.2, 0.25) is 0 Å². The van der Waals surface area contributed by atoms with E-state index in [0.29, 0.717) is 5.56 Å². The van der Waals surface area contributed by atoms with Gasteiger partial charge in [-0.2, -0.15) is 0 Å². The Bertz CT molecular complexity index is 497. The van der Waals surface area contributed by atoms with Gasteiger partial charge in [-0.3, -0.25) is 0 Å². The molecule has 1 aliphatic rings. The highest BCUT2D eigenvalue weighted by atomic mass is 16.6. The van der Waals surface area contributed by atoms with E-state index in [1.54, 1.807) is 0 Å². The average molecular weight is 318 g/mol. The van der Waals surface area contributed by atoms with Crippen LogP contribution in [0.3, 0.4) is 0 Å². The van der Waals surface area contributed by atoms with Gasteiger partial charge < -0.3 is 15.0 Å². The number of anilines is 1. The van der Waals surface area contributed by atoms with Gasteiger partial charge in [-0.15, -0.1) is 0 Å². The van der Waals surface area contributed by atoms with Crippen LogP contribution in [0.25, 0.3) is 0 Å². The highest BCUT2D eigenvalue weighted by Gasteiger charge is 2.20. The van der Waals surface area contributed by atoms with E-state index >= 15 is 0 Å². The molecule has 1 heterocycles. The molecule has 0 amide bonds. The molecular weight excluding hydrogens is 288 g/mol. The molecule has 1 aromatic carbocycles. The molecule has 4 nitrogen and oxygen atoms in total. The lowest BCUT2D eigenvalue weighted by Crippen LogP contribution is -2.37. The first-order chi connectivity index (χ1) is 10.9.